The highest BCUT2D eigenvalue weighted by molar-refractivity contribution is 6.11. The summed E-state index contributed by atoms with van der Waals surface area (Å²) < 4.78 is 82.8. The number of ether oxygens (including phenoxy) is 1. The molecule has 0 saturated carbocycles. The van der Waals surface area contributed by atoms with Crippen molar-refractivity contribution < 1.29 is 45.5 Å². The third-order valence-electron chi connectivity index (χ3n) is 4.49. The Balaban J connectivity index is 1.86. The number of carbonyl (C=O) groups excluding carboxylic acids is 3. The van der Waals surface area contributed by atoms with Crippen LogP contribution in [0.1, 0.15) is 28.4 Å². The summed E-state index contributed by atoms with van der Waals surface area (Å²) >= 11 is 0. The van der Waals surface area contributed by atoms with Crippen LogP contribution in [0.5, 0.6) is 0 Å². The quantitative estimate of drug-likeness (QED) is 0.549. The van der Waals surface area contributed by atoms with Gasteiger partial charge in [-0.15, -0.1) is 0 Å². The van der Waals surface area contributed by atoms with E-state index in [2.05, 4.69) is 5.32 Å². The highest BCUT2D eigenvalue weighted by Gasteiger charge is 2.38. The van der Waals surface area contributed by atoms with Crippen LogP contribution in [0, 0.1) is 0 Å². The Labute approximate surface area is 176 Å². The van der Waals surface area contributed by atoms with E-state index in [1.807, 2.05) is 0 Å². The summed E-state index contributed by atoms with van der Waals surface area (Å²) in [5, 5.41) is 2.54. The zero-order valence-corrected chi connectivity index (χ0v) is 16.2. The van der Waals surface area contributed by atoms with Gasteiger partial charge in [-0.2, -0.15) is 26.3 Å². The van der Waals surface area contributed by atoms with Crippen LogP contribution in [-0.4, -0.2) is 30.4 Å². The number of amides is 2. The number of alkyl halides is 6. The standard InChI is InChI=1S/C20H14F6N2O4/c1-10(17(30)28-9-16(29)27-14-4-2-3-5-15(14)28)32-18(31)11-6-12(19(21,22)23)8-13(7-11)20(24,25)26/h2-8,10H,9H2,1H3,(H,27,29). The molecule has 1 N–H and O–H groups in total. The predicted molar refractivity (Wildman–Crippen MR) is 98.7 cm³/mol. The number of esters is 1. The first kappa shape index (κ1) is 23.1. The molecule has 6 nitrogen and oxygen atoms in total. The van der Waals surface area contributed by atoms with E-state index in [0.29, 0.717) is 11.4 Å². The Morgan fingerprint density at radius 2 is 1.56 bits per heavy atom. The predicted octanol–water partition coefficient (Wildman–Crippen LogP) is 4.25. The number of halogens is 6. The van der Waals surface area contributed by atoms with Gasteiger partial charge in [0, 0.05) is 0 Å². The average Bonchev–Trinajstić information content (AvgIpc) is 2.70. The van der Waals surface area contributed by atoms with Gasteiger partial charge in [0.15, 0.2) is 6.10 Å². The molecule has 170 valence electrons. The molecule has 1 aliphatic rings. The smallest absolute Gasteiger partial charge is 0.416 e. The van der Waals surface area contributed by atoms with Crippen molar-refractivity contribution in [3.63, 3.8) is 0 Å². The SMILES string of the molecule is CC(OC(=O)c1cc(C(F)(F)F)cc(C(F)(F)F)c1)C(=O)N1CC(=O)Nc2ccccc21. The molecule has 1 aliphatic heterocycles. The number of nitrogens with zero attached hydrogens (tertiary/aromatic N) is 1. The molecule has 0 aliphatic carbocycles. The highest BCUT2D eigenvalue weighted by Crippen LogP contribution is 2.36. The van der Waals surface area contributed by atoms with Crippen molar-refractivity contribution in [2.24, 2.45) is 0 Å². The highest BCUT2D eigenvalue weighted by atomic mass is 19.4. The fourth-order valence-electron chi connectivity index (χ4n) is 3.00. The van der Waals surface area contributed by atoms with Crippen LogP contribution in [0.3, 0.4) is 0 Å². The lowest BCUT2D eigenvalue weighted by molar-refractivity contribution is -0.143. The van der Waals surface area contributed by atoms with E-state index in [1.54, 1.807) is 12.1 Å². The molecular weight excluding hydrogens is 446 g/mol. The van der Waals surface area contributed by atoms with Crippen molar-refractivity contribution >= 4 is 29.2 Å². The summed E-state index contributed by atoms with van der Waals surface area (Å²) in [7, 11) is 0. The van der Waals surface area contributed by atoms with Gasteiger partial charge in [0.2, 0.25) is 5.91 Å². The summed E-state index contributed by atoms with van der Waals surface area (Å²) in [5.74, 6) is -2.98. The van der Waals surface area contributed by atoms with Crippen molar-refractivity contribution in [3.8, 4) is 0 Å². The van der Waals surface area contributed by atoms with Crippen LogP contribution in [0.2, 0.25) is 0 Å². The summed E-state index contributed by atoms with van der Waals surface area (Å²) in [6.07, 6.45) is -11.9. The first-order chi connectivity index (χ1) is 14.8. The summed E-state index contributed by atoms with van der Waals surface area (Å²) in [4.78, 5) is 37.9. The number of carbonyl (C=O) groups is 3. The number of rotatable bonds is 3. The van der Waals surface area contributed by atoms with Crippen LogP contribution in [0.4, 0.5) is 37.7 Å². The van der Waals surface area contributed by atoms with Crippen LogP contribution < -0.4 is 10.2 Å². The maximum Gasteiger partial charge on any atom is 0.416 e. The molecule has 3 rings (SSSR count). The molecule has 1 heterocycles. The molecular formula is C20H14F6N2O4. The fourth-order valence-corrected chi connectivity index (χ4v) is 3.00. The van der Waals surface area contributed by atoms with Gasteiger partial charge < -0.3 is 10.1 Å². The minimum Gasteiger partial charge on any atom is -0.449 e. The van der Waals surface area contributed by atoms with E-state index in [-0.39, 0.29) is 18.2 Å². The Bertz CT molecular complexity index is 1050. The second-order valence-corrected chi connectivity index (χ2v) is 6.83. The molecule has 1 atom stereocenters. The van der Waals surface area contributed by atoms with Crippen LogP contribution in [0.25, 0.3) is 0 Å². The zero-order chi connectivity index (χ0) is 23.8. The molecule has 32 heavy (non-hydrogen) atoms. The van der Waals surface area contributed by atoms with Gasteiger partial charge in [-0.1, -0.05) is 12.1 Å². The second-order valence-electron chi connectivity index (χ2n) is 6.83. The molecule has 2 amide bonds. The Morgan fingerprint density at radius 3 is 2.12 bits per heavy atom. The average molecular weight is 460 g/mol. The van der Waals surface area contributed by atoms with Crippen LogP contribution >= 0.6 is 0 Å². The van der Waals surface area contributed by atoms with Gasteiger partial charge in [-0.3, -0.25) is 14.5 Å². The van der Waals surface area contributed by atoms with E-state index in [1.165, 1.54) is 12.1 Å². The molecule has 0 aromatic heterocycles. The van der Waals surface area contributed by atoms with Gasteiger partial charge in [0.25, 0.3) is 5.91 Å². The maximum atomic E-state index is 13.0. The topological polar surface area (TPSA) is 75.7 Å². The minimum atomic E-state index is -5.15. The summed E-state index contributed by atoms with van der Waals surface area (Å²) in [5.41, 5.74) is -3.81. The monoisotopic (exact) mass is 460 g/mol. The lowest BCUT2D eigenvalue weighted by atomic mass is 10.0. The number of hydrogen-bond acceptors (Lipinski definition) is 4. The number of benzene rings is 2. The molecule has 0 bridgehead atoms. The zero-order valence-electron chi connectivity index (χ0n) is 16.2. The molecule has 12 heteroatoms. The third kappa shape index (κ3) is 4.84. The Hall–Kier alpha value is -3.57. The third-order valence-corrected chi connectivity index (χ3v) is 4.49. The minimum absolute atomic E-state index is 0.130. The van der Waals surface area contributed by atoms with Crippen LogP contribution in [0.15, 0.2) is 42.5 Å². The van der Waals surface area contributed by atoms with Gasteiger partial charge in [0.1, 0.15) is 6.54 Å². The lowest BCUT2D eigenvalue weighted by Crippen LogP contribution is -2.47. The summed E-state index contributed by atoms with van der Waals surface area (Å²) in [6.45, 7) is 0.674. The van der Waals surface area contributed by atoms with Gasteiger partial charge >= 0.3 is 18.3 Å². The number of nitrogens with one attached hydrogen (secondary N) is 1. The van der Waals surface area contributed by atoms with E-state index in [4.69, 9.17) is 4.74 Å². The first-order valence-electron chi connectivity index (χ1n) is 8.98. The number of hydrogen-bond donors (Lipinski definition) is 1. The molecule has 2 aromatic rings. The lowest BCUT2D eigenvalue weighted by Gasteiger charge is -2.30. The van der Waals surface area contributed by atoms with E-state index >= 15 is 0 Å². The van der Waals surface area contributed by atoms with E-state index < -0.39 is 59.5 Å². The molecule has 0 saturated heterocycles. The van der Waals surface area contributed by atoms with Gasteiger partial charge in [-0.25, -0.2) is 4.79 Å². The number of para-hydroxylation sites is 2. The Kier molecular flexibility index (Phi) is 5.90. The van der Waals surface area contributed by atoms with Crippen molar-refractivity contribution in [2.45, 2.75) is 25.4 Å². The van der Waals surface area contributed by atoms with Crippen molar-refractivity contribution in [1.82, 2.24) is 0 Å². The molecule has 2 aromatic carbocycles. The molecule has 1 unspecified atom stereocenters. The molecule has 0 fully saturated rings. The Morgan fingerprint density at radius 1 is 1.00 bits per heavy atom. The maximum absolute atomic E-state index is 13.0. The first-order valence-corrected chi connectivity index (χ1v) is 8.98. The summed E-state index contributed by atoms with van der Waals surface area (Å²) in [6, 6.07) is 6.48. The number of fused-ring (bicyclic) bond motifs is 1. The number of anilines is 2. The van der Waals surface area contributed by atoms with Crippen LogP contribution in [-0.2, 0) is 26.7 Å². The van der Waals surface area contributed by atoms with E-state index in [9.17, 15) is 40.7 Å². The van der Waals surface area contributed by atoms with Gasteiger partial charge in [-0.05, 0) is 37.3 Å². The van der Waals surface area contributed by atoms with Gasteiger partial charge in [0.05, 0.1) is 28.1 Å². The second kappa shape index (κ2) is 8.17. The van der Waals surface area contributed by atoms with Crippen molar-refractivity contribution in [2.75, 3.05) is 16.8 Å². The van der Waals surface area contributed by atoms with Crippen molar-refractivity contribution in [1.29, 1.82) is 0 Å². The fraction of sp³-hybridized carbons (Fsp3) is 0.250. The normalized spacial score (nSPS) is 15.0. The largest absolute Gasteiger partial charge is 0.449 e. The van der Waals surface area contributed by atoms with Crippen molar-refractivity contribution in [3.05, 3.63) is 59.2 Å². The molecule has 0 spiro atoms. The van der Waals surface area contributed by atoms with E-state index in [0.717, 1.165) is 11.8 Å². The molecule has 0 radical (unpaired) electrons.